The summed E-state index contributed by atoms with van der Waals surface area (Å²) in [7, 11) is -3.92. The van der Waals surface area contributed by atoms with E-state index in [4.69, 9.17) is 32.9 Å². The monoisotopic (exact) mass is 698 g/mol. The Kier molecular flexibility index (Phi) is 8.75. The van der Waals surface area contributed by atoms with Gasteiger partial charge in [-0.1, -0.05) is 53.5 Å². The topological polar surface area (TPSA) is 93.5 Å². The number of halogens is 5. The third kappa shape index (κ3) is 7.46. The summed E-state index contributed by atoms with van der Waals surface area (Å²) < 4.78 is 73.5. The van der Waals surface area contributed by atoms with E-state index in [0.29, 0.717) is 45.1 Å². The zero-order valence-corrected chi connectivity index (χ0v) is 26.4. The molecule has 8 nitrogen and oxygen atoms in total. The lowest BCUT2D eigenvalue weighted by atomic mass is 10.1. The third-order valence-electron chi connectivity index (χ3n) is 7.13. The van der Waals surface area contributed by atoms with Crippen LogP contribution in [0.5, 0.6) is 11.5 Å². The molecule has 240 valence electrons. The summed E-state index contributed by atoms with van der Waals surface area (Å²) in [5.41, 5.74) is 2.55. The number of alkyl halides is 3. The molecule has 1 amide bonds. The Bertz CT molecular complexity index is 2080. The Morgan fingerprint density at radius 1 is 0.894 bits per heavy atom. The van der Waals surface area contributed by atoms with Crippen LogP contribution in [-0.2, 0) is 27.7 Å². The van der Waals surface area contributed by atoms with Gasteiger partial charge >= 0.3 is 16.4 Å². The number of carbonyl (C=O) groups excluding carboxylic acids is 1. The van der Waals surface area contributed by atoms with E-state index in [1.54, 1.807) is 66.7 Å². The van der Waals surface area contributed by atoms with Crippen LogP contribution in [0.4, 0.5) is 18.9 Å². The van der Waals surface area contributed by atoms with Gasteiger partial charge in [-0.25, -0.2) is 14.0 Å². The first-order valence-electron chi connectivity index (χ1n) is 13.9. The molecular weight excluding hydrogens is 676 g/mol. The number of aromatic nitrogens is 2. The second-order valence-electron chi connectivity index (χ2n) is 10.5. The van der Waals surface area contributed by atoms with Crippen LogP contribution in [0.2, 0.25) is 10.0 Å². The van der Waals surface area contributed by atoms with Crippen molar-refractivity contribution in [3.8, 4) is 22.8 Å². The van der Waals surface area contributed by atoms with Gasteiger partial charge in [-0.05, 0) is 83.9 Å². The van der Waals surface area contributed by atoms with Crippen LogP contribution in [0.1, 0.15) is 22.5 Å². The van der Waals surface area contributed by atoms with Crippen molar-refractivity contribution in [2.75, 3.05) is 10.8 Å². The van der Waals surface area contributed by atoms with E-state index in [9.17, 15) is 26.4 Å². The van der Waals surface area contributed by atoms with Gasteiger partial charge in [0.2, 0.25) is 0 Å². The number of hydrogen-bond acceptors (Lipinski definition) is 5. The Hall–Kier alpha value is -4.78. The molecule has 0 aliphatic carbocycles. The summed E-state index contributed by atoms with van der Waals surface area (Å²) in [6, 6.07) is 23.4. The van der Waals surface area contributed by atoms with Gasteiger partial charge in [-0.3, -0.25) is 4.79 Å². The smallest absolute Gasteiger partial charge is 0.416 e. The molecule has 14 heteroatoms. The average molecular weight is 700 g/mol. The highest BCUT2D eigenvalue weighted by Crippen LogP contribution is 2.33. The molecule has 1 saturated heterocycles. The fourth-order valence-electron chi connectivity index (χ4n) is 4.82. The lowest BCUT2D eigenvalue weighted by molar-refractivity contribution is -0.137. The number of benzene rings is 4. The molecule has 4 aromatic carbocycles. The lowest BCUT2D eigenvalue weighted by Crippen LogP contribution is -2.29. The van der Waals surface area contributed by atoms with Crippen molar-refractivity contribution in [1.82, 2.24) is 14.3 Å². The van der Waals surface area contributed by atoms with E-state index in [0.717, 1.165) is 27.6 Å². The van der Waals surface area contributed by atoms with E-state index in [-0.39, 0.29) is 12.3 Å². The summed E-state index contributed by atoms with van der Waals surface area (Å²) in [6.45, 7) is 0.0908. The summed E-state index contributed by atoms with van der Waals surface area (Å²) in [5.74, 6) is 0.723. The van der Waals surface area contributed by atoms with Crippen LogP contribution in [0.15, 0.2) is 97.2 Å². The molecule has 0 spiro atoms. The van der Waals surface area contributed by atoms with Crippen LogP contribution in [0, 0.1) is 0 Å². The van der Waals surface area contributed by atoms with Crippen molar-refractivity contribution in [3.05, 3.63) is 130 Å². The predicted octanol–water partition coefficient (Wildman–Crippen LogP) is 8.07. The first kappa shape index (κ1) is 32.2. The molecule has 0 bridgehead atoms. The largest absolute Gasteiger partial charge is 0.457 e. The van der Waals surface area contributed by atoms with Gasteiger partial charge in [0, 0.05) is 23.3 Å². The number of anilines is 1. The zero-order chi connectivity index (χ0) is 33.3. The summed E-state index contributed by atoms with van der Waals surface area (Å²) in [5, 5.41) is 0.918. The number of hydrogen-bond donors (Lipinski definition) is 1. The van der Waals surface area contributed by atoms with Crippen LogP contribution >= 0.6 is 23.2 Å². The Labute approximate surface area is 277 Å². The molecule has 6 rings (SSSR count). The minimum Gasteiger partial charge on any atom is -0.457 e. The van der Waals surface area contributed by atoms with Gasteiger partial charge in [0.05, 0.1) is 22.0 Å². The third-order valence-corrected chi connectivity index (χ3v) is 9.09. The molecule has 5 aromatic rings. The Morgan fingerprint density at radius 3 is 2.15 bits per heavy atom. The number of nitrogens with zero attached hydrogens (tertiary/aromatic N) is 3. The number of amides is 1. The molecule has 1 aliphatic heterocycles. The van der Waals surface area contributed by atoms with Crippen molar-refractivity contribution in [1.29, 1.82) is 0 Å². The van der Waals surface area contributed by atoms with Crippen molar-refractivity contribution in [3.63, 3.8) is 0 Å². The molecule has 0 atom stereocenters. The fourth-order valence-corrected chi connectivity index (χ4v) is 6.48. The van der Waals surface area contributed by atoms with Crippen LogP contribution < -0.4 is 13.8 Å². The van der Waals surface area contributed by atoms with Gasteiger partial charge in [-0.2, -0.15) is 21.6 Å². The van der Waals surface area contributed by atoms with Gasteiger partial charge in [0.25, 0.3) is 5.91 Å². The predicted molar refractivity (Wildman–Crippen MR) is 175 cm³/mol. The van der Waals surface area contributed by atoms with Crippen molar-refractivity contribution in [2.45, 2.75) is 12.7 Å². The van der Waals surface area contributed by atoms with Gasteiger partial charge in [-0.15, -0.1) is 0 Å². The number of rotatable bonds is 8. The summed E-state index contributed by atoms with van der Waals surface area (Å²) in [4.78, 5) is 16.4. The molecule has 0 unspecified atom stereocenters. The second-order valence-corrected chi connectivity index (χ2v) is 12.9. The standard InChI is InChI=1S/C33H23Cl2F3N4O4S/c34-24-8-15-28(29(35)17-24)30-19-41(18-22-1-9-25(10-2-22)42-20-32(43)40-47(42,44)45)31(39-30)16-5-21-3-11-26(12-4-21)46-27-13-6-23(7-14-27)33(36,37)38/h1-17,19H,18,20H2,(H,40,43)/b16-5+. The molecule has 0 saturated carbocycles. The SMILES string of the molecule is O=C1CN(c2ccc(Cn3cc(-c4ccc(Cl)cc4Cl)nc3/C=C/c3ccc(Oc4ccc(C(F)(F)F)cc4)cc3)cc2)S(=O)(=O)N1. The van der Waals surface area contributed by atoms with Crippen LogP contribution in [0.25, 0.3) is 23.4 Å². The van der Waals surface area contributed by atoms with Gasteiger partial charge in [0.15, 0.2) is 0 Å². The maximum atomic E-state index is 12.8. The van der Waals surface area contributed by atoms with E-state index in [1.807, 2.05) is 27.6 Å². The van der Waals surface area contributed by atoms with Crippen molar-refractivity contribution in [2.24, 2.45) is 0 Å². The number of carbonyl (C=O) groups is 1. The van der Waals surface area contributed by atoms with Gasteiger partial charge < -0.3 is 9.30 Å². The number of ether oxygens (including phenoxy) is 1. The summed E-state index contributed by atoms with van der Waals surface area (Å²) >= 11 is 12.6. The molecule has 0 radical (unpaired) electrons. The quantitative estimate of drug-likeness (QED) is 0.177. The molecule has 2 heterocycles. The highest BCUT2D eigenvalue weighted by atomic mass is 35.5. The van der Waals surface area contributed by atoms with Crippen LogP contribution in [-0.4, -0.2) is 30.4 Å². The minimum absolute atomic E-state index is 0.275. The first-order chi connectivity index (χ1) is 22.3. The van der Waals surface area contributed by atoms with E-state index in [1.165, 1.54) is 12.1 Å². The average Bonchev–Trinajstić information content (AvgIpc) is 3.54. The molecule has 1 aliphatic rings. The van der Waals surface area contributed by atoms with E-state index >= 15 is 0 Å². The van der Waals surface area contributed by atoms with E-state index < -0.39 is 27.9 Å². The fraction of sp³-hybridized carbons (Fsp3) is 0.0909. The maximum absolute atomic E-state index is 12.8. The molecule has 47 heavy (non-hydrogen) atoms. The lowest BCUT2D eigenvalue weighted by Gasteiger charge is -2.15. The zero-order valence-electron chi connectivity index (χ0n) is 24.1. The first-order valence-corrected chi connectivity index (χ1v) is 16.1. The maximum Gasteiger partial charge on any atom is 0.416 e. The van der Waals surface area contributed by atoms with Crippen molar-refractivity contribution < 1.29 is 31.1 Å². The highest BCUT2D eigenvalue weighted by molar-refractivity contribution is 7.92. The number of imidazole rings is 1. The minimum atomic E-state index is -4.42. The highest BCUT2D eigenvalue weighted by Gasteiger charge is 2.34. The summed E-state index contributed by atoms with van der Waals surface area (Å²) in [6.07, 6.45) is 1.09. The van der Waals surface area contributed by atoms with Crippen LogP contribution in [0.3, 0.4) is 0 Å². The molecule has 1 aromatic heterocycles. The second kappa shape index (κ2) is 12.8. The Balaban J connectivity index is 1.23. The molecule has 1 N–H and O–H groups in total. The van der Waals surface area contributed by atoms with E-state index in [2.05, 4.69) is 0 Å². The Morgan fingerprint density at radius 2 is 1.55 bits per heavy atom. The number of nitrogens with one attached hydrogen (secondary N) is 1. The molecule has 1 fully saturated rings. The molecular formula is C33H23Cl2F3N4O4S. The van der Waals surface area contributed by atoms with Crippen molar-refractivity contribution >= 4 is 57.2 Å². The van der Waals surface area contributed by atoms with Gasteiger partial charge in [0.1, 0.15) is 23.9 Å². The normalized spacial score (nSPS) is 14.5.